The maximum atomic E-state index is 10.8. The highest BCUT2D eigenvalue weighted by atomic mass is 16.4. The van der Waals surface area contributed by atoms with Gasteiger partial charge in [-0.2, -0.15) is 0 Å². The fourth-order valence-electron chi connectivity index (χ4n) is 3.01. The van der Waals surface area contributed by atoms with Gasteiger partial charge in [0.2, 0.25) is 0 Å². The third-order valence-corrected chi connectivity index (χ3v) is 3.62. The Kier molecular flexibility index (Phi) is 3.77. The number of hydrogen-bond acceptors (Lipinski definition) is 2. The van der Waals surface area contributed by atoms with Gasteiger partial charge in [-0.3, -0.25) is 4.79 Å². The monoisotopic (exact) mass is 214 g/mol. The molecule has 1 aliphatic rings. The van der Waals surface area contributed by atoms with E-state index in [1.807, 2.05) is 0 Å². The van der Waals surface area contributed by atoms with Crippen LogP contribution in [0.15, 0.2) is 0 Å². The summed E-state index contributed by atoms with van der Waals surface area (Å²) in [5.74, 6) is 0.0215. The quantitative estimate of drug-likeness (QED) is 0.757. The molecule has 88 valence electrons. The van der Waals surface area contributed by atoms with E-state index in [9.17, 15) is 9.90 Å². The smallest absolute Gasteiger partial charge is 0.306 e. The molecule has 1 fully saturated rings. The summed E-state index contributed by atoms with van der Waals surface area (Å²) in [6.45, 7) is 6.21. The molecule has 3 nitrogen and oxygen atoms in total. The van der Waals surface area contributed by atoms with Gasteiger partial charge in [-0.25, -0.2) is 0 Å². The van der Waals surface area contributed by atoms with Crippen LogP contribution >= 0.6 is 0 Å². The average molecular weight is 214 g/mol. The molecule has 15 heavy (non-hydrogen) atoms. The Balaban J connectivity index is 2.80. The SMILES string of the molecule is CC(C)[C@H]1CC[C@H](C)C[C@@]1(O)CC(=O)O. The molecule has 3 atom stereocenters. The van der Waals surface area contributed by atoms with Gasteiger partial charge in [0.25, 0.3) is 0 Å². The maximum absolute atomic E-state index is 10.8. The maximum Gasteiger partial charge on any atom is 0.306 e. The van der Waals surface area contributed by atoms with E-state index in [1.54, 1.807) is 0 Å². The molecule has 0 aromatic carbocycles. The number of carboxylic acid groups (broad SMARTS) is 1. The minimum absolute atomic E-state index is 0.111. The Hall–Kier alpha value is -0.570. The number of hydrogen-bond donors (Lipinski definition) is 2. The molecule has 0 amide bonds. The molecule has 1 saturated carbocycles. The van der Waals surface area contributed by atoms with Crippen LogP contribution in [-0.4, -0.2) is 21.8 Å². The van der Waals surface area contributed by atoms with Crippen LogP contribution in [0.3, 0.4) is 0 Å². The Bertz CT molecular complexity index is 237. The van der Waals surface area contributed by atoms with Crippen LogP contribution in [0.25, 0.3) is 0 Å². The second kappa shape index (κ2) is 4.52. The lowest BCUT2D eigenvalue weighted by Gasteiger charge is -2.43. The third-order valence-electron chi connectivity index (χ3n) is 3.62. The molecule has 0 aliphatic heterocycles. The van der Waals surface area contributed by atoms with Crippen molar-refractivity contribution in [3.05, 3.63) is 0 Å². The van der Waals surface area contributed by atoms with Gasteiger partial charge in [-0.05, 0) is 30.6 Å². The number of carboxylic acids is 1. The van der Waals surface area contributed by atoms with Gasteiger partial charge >= 0.3 is 5.97 Å². The largest absolute Gasteiger partial charge is 0.481 e. The first kappa shape index (κ1) is 12.5. The minimum atomic E-state index is -0.988. The molecular weight excluding hydrogens is 192 g/mol. The molecule has 0 saturated heterocycles. The molecule has 0 bridgehead atoms. The molecule has 0 aromatic rings. The Morgan fingerprint density at radius 2 is 2.07 bits per heavy atom. The van der Waals surface area contributed by atoms with E-state index in [1.165, 1.54) is 0 Å². The van der Waals surface area contributed by atoms with Gasteiger partial charge in [-0.1, -0.05) is 27.2 Å². The van der Waals surface area contributed by atoms with Gasteiger partial charge in [-0.15, -0.1) is 0 Å². The van der Waals surface area contributed by atoms with E-state index in [-0.39, 0.29) is 12.3 Å². The van der Waals surface area contributed by atoms with E-state index in [4.69, 9.17) is 5.11 Å². The molecule has 1 aliphatic carbocycles. The summed E-state index contributed by atoms with van der Waals surface area (Å²) in [6, 6.07) is 0. The van der Waals surface area contributed by atoms with Crippen molar-refractivity contribution in [2.45, 2.75) is 52.1 Å². The minimum Gasteiger partial charge on any atom is -0.481 e. The van der Waals surface area contributed by atoms with Crippen LogP contribution < -0.4 is 0 Å². The first-order valence-corrected chi connectivity index (χ1v) is 5.79. The predicted octanol–water partition coefficient (Wildman–Crippen LogP) is 2.28. The molecule has 0 spiro atoms. The zero-order chi connectivity index (χ0) is 11.6. The first-order valence-electron chi connectivity index (χ1n) is 5.79. The van der Waals surface area contributed by atoms with E-state index in [2.05, 4.69) is 20.8 Å². The molecular formula is C12H22O3. The van der Waals surface area contributed by atoms with E-state index in [0.717, 1.165) is 12.8 Å². The Labute approximate surface area is 91.5 Å². The van der Waals surface area contributed by atoms with Crippen molar-refractivity contribution in [2.75, 3.05) is 0 Å². The lowest BCUT2D eigenvalue weighted by Crippen LogP contribution is -2.46. The molecule has 0 aromatic heterocycles. The lowest BCUT2D eigenvalue weighted by atomic mass is 9.66. The van der Waals surface area contributed by atoms with Crippen molar-refractivity contribution < 1.29 is 15.0 Å². The molecule has 0 radical (unpaired) electrons. The van der Waals surface area contributed by atoms with Crippen molar-refractivity contribution in [3.8, 4) is 0 Å². The Morgan fingerprint density at radius 3 is 2.53 bits per heavy atom. The summed E-state index contributed by atoms with van der Waals surface area (Å²) in [7, 11) is 0. The first-order chi connectivity index (χ1) is 6.85. The van der Waals surface area contributed by atoms with E-state index in [0.29, 0.717) is 18.3 Å². The van der Waals surface area contributed by atoms with Gasteiger partial charge < -0.3 is 10.2 Å². The standard InChI is InChI=1S/C12H22O3/c1-8(2)10-5-4-9(3)6-12(10,15)7-11(13)14/h8-10,15H,4-7H2,1-3H3,(H,13,14)/t9-,10+,12+/m0/s1. The summed E-state index contributed by atoms with van der Waals surface area (Å²) >= 11 is 0. The van der Waals surface area contributed by atoms with E-state index >= 15 is 0 Å². The van der Waals surface area contributed by atoms with Crippen LogP contribution in [0.1, 0.15) is 46.5 Å². The number of rotatable bonds is 3. The number of aliphatic carboxylic acids is 1. The van der Waals surface area contributed by atoms with Crippen molar-refractivity contribution >= 4 is 5.97 Å². The summed E-state index contributed by atoms with van der Waals surface area (Å²) < 4.78 is 0. The third kappa shape index (κ3) is 2.94. The fourth-order valence-corrected chi connectivity index (χ4v) is 3.01. The van der Waals surface area contributed by atoms with Crippen molar-refractivity contribution in [1.82, 2.24) is 0 Å². The van der Waals surface area contributed by atoms with Crippen LogP contribution in [0, 0.1) is 17.8 Å². The highest BCUT2D eigenvalue weighted by Gasteiger charge is 2.43. The van der Waals surface area contributed by atoms with Crippen LogP contribution in [-0.2, 0) is 4.79 Å². The summed E-state index contributed by atoms with van der Waals surface area (Å²) in [6.07, 6.45) is 2.57. The highest BCUT2D eigenvalue weighted by Crippen LogP contribution is 2.42. The summed E-state index contributed by atoms with van der Waals surface area (Å²) in [4.78, 5) is 10.8. The topological polar surface area (TPSA) is 57.5 Å². The van der Waals surface area contributed by atoms with E-state index < -0.39 is 11.6 Å². The lowest BCUT2D eigenvalue weighted by molar-refractivity contribution is -0.150. The van der Waals surface area contributed by atoms with Crippen molar-refractivity contribution in [2.24, 2.45) is 17.8 Å². The van der Waals surface area contributed by atoms with Crippen molar-refractivity contribution in [3.63, 3.8) is 0 Å². The second-order valence-electron chi connectivity index (χ2n) is 5.41. The van der Waals surface area contributed by atoms with Gasteiger partial charge in [0, 0.05) is 0 Å². The zero-order valence-corrected chi connectivity index (χ0v) is 9.86. The average Bonchev–Trinajstić information content (AvgIpc) is 1.99. The summed E-state index contributed by atoms with van der Waals surface area (Å²) in [5, 5.41) is 19.3. The van der Waals surface area contributed by atoms with Gasteiger partial charge in [0.1, 0.15) is 0 Å². The summed E-state index contributed by atoms with van der Waals surface area (Å²) in [5.41, 5.74) is -0.988. The zero-order valence-electron chi connectivity index (χ0n) is 9.86. The normalized spacial score (nSPS) is 36.9. The highest BCUT2D eigenvalue weighted by molar-refractivity contribution is 5.68. The van der Waals surface area contributed by atoms with Gasteiger partial charge in [0.05, 0.1) is 12.0 Å². The van der Waals surface area contributed by atoms with Crippen molar-refractivity contribution in [1.29, 1.82) is 0 Å². The second-order valence-corrected chi connectivity index (χ2v) is 5.41. The van der Waals surface area contributed by atoms with Crippen LogP contribution in [0.4, 0.5) is 0 Å². The van der Waals surface area contributed by atoms with Crippen LogP contribution in [0.5, 0.6) is 0 Å². The number of aliphatic hydroxyl groups is 1. The molecule has 0 unspecified atom stereocenters. The molecule has 2 N–H and O–H groups in total. The number of carbonyl (C=O) groups is 1. The predicted molar refractivity (Wildman–Crippen MR) is 58.5 cm³/mol. The fraction of sp³-hybridized carbons (Fsp3) is 0.917. The molecule has 1 rings (SSSR count). The Morgan fingerprint density at radius 1 is 1.47 bits per heavy atom. The van der Waals surface area contributed by atoms with Crippen LogP contribution in [0.2, 0.25) is 0 Å². The molecule has 0 heterocycles. The molecule has 3 heteroatoms. The van der Waals surface area contributed by atoms with Gasteiger partial charge in [0.15, 0.2) is 0 Å².